The fourth-order valence-electron chi connectivity index (χ4n) is 2.01. The Bertz CT molecular complexity index is 528. The van der Waals surface area contributed by atoms with Gasteiger partial charge in [0.25, 0.3) is 0 Å². The van der Waals surface area contributed by atoms with Crippen LogP contribution in [0, 0.1) is 0 Å². The van der Waals surface area contributed by atoms with E-state index in [9.17, 15) is 8.42 Å². The second-order valence-electron chi connectivity index (χ2n) is 4.47. The average Bonchev–Trinajstić information content (AvgIpc) is 2.73. The van der Waals surface area contributed by atoms with Crippen LogP contribution in [0.3, 0.4) is 0 Å². The summed E-state index contributed by atoms with van der Waals surface area (Å²) < 4.78 is 42.1. The molecule has 0 spiro atoms. The molecule has 0 aromatic heterocycles. The number of ether oxygens (including phenoxy) is 3. The number of nitrogens with zero attached hydrogens (tertiary/aromatic N) is 1. The first-order chi connectivity index (χ1) is 9.57. The monoisotopic (exact) mass is 301 g/mol. The van der Waals surface area contributed by atoms with Gasteiger partial charge in [-0.1, -0.05) is 0 Å². The van der Waals surface area contributed by atoms with E-state index < -0.39 is 10.0 Å². The molecule has 6 nitrogen and oxygen atoms in total. The molecule has 0 aliphatic carbocycles. The molecule has 1 aliphatic heterocycles. The van der Waals surface area contributed by atoms with Crippen molar-refractivity contribution < 1.29 is 22.6 Å². The third-order valence-electron chi connectivity index (χ3n) is 3.23. The molecule has 1 heterocycles. The van der Waals surface area contributed by atoms with Crippen molar-refractivity contribution in [1.29, 1.82) is 0 Å². The van der Waals surface area contributed by atoms with Crippen molar-refractivity contribution in [2.75, 3.05) is 40.5 Å². The Hall–Kier alpha value is -1.15. The van der Waals surface area contributed by atoms with E-state index in [1.54, 1.807) is 38.5 Å². The maximum Gasteiger partial charge on any atom is 0.243 e. The summed E-state index contributed by atoms with van der Waals surface area (Å²) in [5, 5.41) is 0. The lowest BCUT2D eigenvalue weighted by atomic mass is 10.3. The van der Waals surface area contributed by atoms with Crippen LogP contribution in [0.15, 0.2) is 29.2 Å². The van der Waals surface area contributed by atoms with Crippen LogP contribution in [0.2, 0.25) is 0 Å². The Morgan fingerprint density at radius 2 is 1.95 bits per heavy atom. The normalized spacial score (nSPS) is 21.4. The molecule has 1 aromatic carbocycles. The molecule has 1 aliphatic rings. The number of methoxy groups -OCH3 is 2. The van der Waals surface area contributed by atoms with Crippen LogP contribution < -0.4 is 4.74 Å². The highest BCUT2D eigenvalue weighted by Crippen LogP contribution is 2.20. The van der Waals surface area contributed by atoms with E-state index in [0.717, 1.165) is 0 Å². The lowest BCUT2D eigenvalue weighted by molar-refractivity contribution is 0.0259. The predicted octanol–water partition coefficient (Wildman–Crippen LogP) is 0.731. The van der Waals surface area contributed by atoms with Crippen LogP contribution in [0.25, 0.3) is 0 Å². The van der Waals surface area contributed by atoms with Crippen molar-refractivity contribution >= 4 is 10.0 Å². The molecule has 0 amide bonds. The summed E-state index contributed by atoms with van der Waals surface area (Å²) in [6.45, 7) is 1.40. The number of sulfonamides is 1. The first kappa shape index (κ1) is 15.2. The van der Waals surface area contributed by atoms with Crippen LogP contribution in [-0.4, -0.2) is 59.3 Å². The van der Waals surface area contributed by atoms with Gasteiger partial charge in [-0.2, -0.15) is 4.31 Å². The predicted molar refractivity (Wildman–Crippen MR) is 73.4 cm³/mol. The molecule has 1 saturated heterocycles. The number of benzene rings is 1. The SMILES string of the molecule is COc1ccc(S(=O)(=O)N2CCOCC(OC)C2)cc1. The van der Waals surface area contributed by atoms with E-state index in [1.165, 1.54) is 4.31 Å². The number of hydrogen-bond acceptors (Lipinski definition) is 5. The first-order valence-electron chi connectivity index (χ1n) is 6.32. The molecule has 1 atom stereocenters. The van der Waals surface area contributed by atoms with E-state index in [0.29, 0.717) is 32.1 Å². The highest BCUT2D eigenvalue weighted by Gasteiger charge is 2.29. The molecule has 1 unspecified atom stereocenters. The molecule has 2 rings (SSSR count). The van der Waals surface area contributed by atoms with Gasteiger partial charge in [-0.3, -0.25) is 0 Å². The van der Waals surface area contributed by atoms with Gasteiger partial charge in [0.05, 0.1) is 31.3 Å². The summed E-state index contributed by atoms with van der Waals surface area (Å²) in [5.74, 6) is 0.623. The maximum atomic E-state index is 12.6. The summed E-state index contributed by atoms with van der Waals surface area (Å²) in [4.78, 5) is 0.245. The van der Waals surface area contributed by atoms with Crippen LogP contribution >= 0.6 is 0 Å². The third kappa shape index (κ3) is 3.29. The highest BCUT2D eigenvalue weighted by atomic mass is 32.2. The Labute approximate surface area is 119 Å². The summed E-state index contributed by atoms with van der Waals surface area (Å²) in [6, 6.07) is 6.35. The molecule has 0 radical (unpaired) electrons. The number of rotatable bonds is 4. The van der Waals surface area contributed by atoms with Crippen LogP contribution in [0.5, 0.6) is 5.75 Å². The van der Waals surface area contributed by atoms with Crippen molar-refractivity contribution in [3.63, 3.8) is 0 Å². The van der Waals surface area contributed by atoms with E-state index in [2.05, 4.69) is 0 Å². The van der Waals surface area contributed by atoms with Crippen molar-refractivity contribution in [2.45, 2.75) is 11.0 Å². The average molecular weight is 301 g/mol. The van der Waals surface area contributed by atoms with E-state index in [4.69, 9.17) is 14.2 Å². The van der Waals surface area contributed by atoms with Gasteiger partial charge in [0.1, 0.15) is 5.75 Å². The quantitative estimate of drug-likeness (QED) is 0.820. The Kier molecular flexibility index (Phi) is 4.98. The summed E-state index contributed by atoms with van der Waals surface area (Å²) in [5.41, 5.74) is 0. The maximum absolute atomic E-state index is 12.6. The van der Waals surface area contributed by atoms with Gasteiger partial charge >= 0.3 is 0 Å². The second-order valence-corrected chi connectivity index (χ2v) is 6.41. The Balaban J connectivity index is 2.23. The second kappa shape index (κ2) is 6.53. The van der Waals surface area contributed by atoms with Gasteiger partial charge in [-0.15, -0.1) is 0 Å². The van der Waals surface area contributed by atoms with Gasteiger partial charge < -0.3 is 14.2 Å². The minimum atomic E-state index is -3.54. The fraction of sp³-hybridized carbons (Fsp3) is 0.538. The first-order valence-corrected chi connectivity index (χ1v) is 7.76. The molecule has 1 fully saturated rings. The Morgan fingerprint density at radius 1 is 1.25 bits per heavy atom. The smallest absolute Gasteiger partial charge is 0.243 e. The molecule has 0 N–H and O–H groups in total. The third-order valence-corrected chi connectivity index (χ3v) is 5.11. The van der Waals surface area contributed by atoms with Crippen LogP contribution in [-0.2, 0) is 19.5 Å². The zero-order valence-corrected chi connectivity index (χ0v) is 12.4. The minimum Gasteiger partial charge on any atom is -0.497 e. The van der Waals surface area contributed by atoms with Crippen LogP contribution in [0.4, 0.5) is 0 Å². The lowest BCUT2D eigenvalue weighted by Gasteiger charge is -2.22. The zero-order chi connectivity index (χ0) is 14.6. The summed E-state index contributed by atoms with van der Waals surface area (Å²) in [6.07, 6.45) is -0.245. The number of hydrogen-bond donors (Lipinski definition) is 0. The molecule has 0 bridgehead atoms. The van der Waals surface area contributed by atoms with Gasteiger partial charge in [0, 0.05) is 20.2 Å². The van der Waals surface area contributed by atoms with E-state index >= 15 is 0 Å². The molecule has 0 saturated carbocycles. The molecule has 7 heteroatoms. The minimum absolute atomic E-state index is 0.245. The highest BCUT2D eigenvalue weighted by molar-refractivity contribution is 7.89. The van der Waals surface area contributed by atoms with E-state index in [-0.39, 0.29) is 11.0 Å². The van der Waals surface area contributed by atoms with Gasteiger partial charge in [0.15, 0.2) is 0 Å². The summed E-state index contributed by atoms with van der Waals surface area (Å²) in [7, 11) is -0.442. The van der Waals surface area contributed by atoms with Crippen molar-refractivity contribution in [3.8, 4) is 5.75 Å². The van der Waals surface area contributed by atoms with Gasteiger partial charge in [-0.05, 0) is 24.3 Å². The molecule has 112 valence electrons. The molecule has 20 heavy (non-hydrogen) atoms. The van der Waals surface area contributed by atoms with Gasteiger partial charge in [0.2, 0.25) is 10.0 Å². The topological polar surface area (TPSA) is 65.1 Å². The van der Waals surface area contributed by atoms with E-state index in [1.807, 2.05) is 0 Å². The lowest BCUT2D eigenvalue weighted by Crippen LogP contribution is -2.38. The van der Waals surface area contributed by atoms with Crippen molar-refractivity contribution in [1.82, 2.24) is 4.31 Å². The largest absolute Gasteiger partial charge is 0.497 e. The van der Waals surface area contributed by atoms with Crippen molar-refractivity contribution in [2.24, 2.45) is 0 Å². The molecular weight excluding hydrogens is 282 g/mol. The molecular formula is C13H19NO5S. The van der Waals surface area contributed by atoms with Crippen LogP contribution in [0.1, 0.15) is 0 Å². The Morgan fingerprint density at radius 3 is 2.55 bits per heavy atom. The standard InChI is InChI=1S/C13H19NO5S/c1-17-11-3-5-13(6-4-11)20(15,16)14-7-8-19-10-12(9-14)18-2/h3-6,12H,7-10H2,1-2H3. The fourth-order valence-corrected chi connectivity index (χ4v) is 3.47. The summed E-state index contributed by atoms with van der Waals surface area (Å²) >= 11 is 0. The zero-order valence-electron chi connectivity index (χ0n) is 11.6. The van der Waals surface area contributed by atoms with Gasteiger partial charge in [-0.25, -0.2) is 8.42 Å². The van der Waals surface area contributed by atoms with Crippen molar-refractivity contribution in [3.05, 3.63) is 24.3 Å². The molecule has 1 aromatic rings.